The van der Waals surface area contributed by atoms with Crippen LogP contribution in [0.2, 0.25) is 0 Å². The normalized spacial score (nSPS) is 11.3. The van der Waals surface area contributed by atoms with Crippen molar-refractivity contribution in [2.24, 2.45) is 0 Å². The molecule has 19 heavy (non-hydrogen) atoms. The summed E-state index contributed by atoms with van der Waals surface area (Å²) in [5, 5.41) is 3.04. The van der Waals surface area contributed by atoms with Crippen LogP contribution < -0.4 is 11.1 Å². The fourth-order valence-corrected chi connectivity index (χ4v) is 2.28. The summed E-state index contributed by atoms with van der Waals surface area (Å²) in [5.41, 5.74) is 8.01. The summed E-state index contributed by atoms with van der Waals surface area (Å²) in [6.45, 7) is 1.98. The number of nitrogen functional groups attached to an aromatic ring is 1. The Morgan fingerprint density at radius 1 is 1.05 bits per heavy atom. The van der Waals surface area contributed by atoms with Crippen LogP contribution in [-0.4, -0.2) is 13.0 Å². The Balaban J connectivity index is 2.34. The zero-order chi connectivity index (χ0) is 14.0. The first-order valence-corrected chi connectivity index (χ1v) is 7.01. The Hall–Kier alpha value is -2.05. The number of benzene rings is 2. The maximum atomic E-state index is 11.2. The molecule has 4 N–H and O–H groups in total. The van der Waals surface area contributed by atoms with E-state index in [4.69, 9.17) is 10.3 Å². The molecule has 0 saturated heterocycles. The van der Waals surface area contributed by atoms with Gasteiger partial charge < -0.3 is 11.1 Å². The second kappa shape index (κ2) is 4.91. The van der Waals surface area contributed by atoms with E-state index in [0.717, 1.165) is 11.3 Å². The van der Waals surface area contributed by atoms with E-state index in [0.29, 0.717) is 5.69 Å². The molecule has 100 valence electrons. The van der Waals surface area contributed by atoms with Gasteiger partial charge in [0, 0.05) is 11.4 Å². The maximum Gasteiger partial charge on any atom is 0.296 e. The van der Waals surface area contributed by atoms with Gasteiger partial charge >= 0.3 is 0 Å². The molecule has 2 rings (SSSR count). The molecule has 2 aromatic rings. The molecule has 0 aliphatic heterocycles. The van der Waals surface area contributed by atoms with Crippen LogP contribution in [0.4, 0.5) is 17.1 Å². The summed E-state index contributed by atoms with van der Waals surface area (Å²) in [6, 6.07) is 12.0. The van der Waals surface area contributed by atoms with Crippen LogP contribution in [-0.2, 0) is 10.1 Å². The van der Waals surface area contributed by atoms with Gasteiger partial charge in [-0.05, 0) is 37.3 Å². The van der Waals surface area contributed by atoms with Crippen molar-refractivity contribution in [2.45, 2.75) is 11.8 Å². The standard InChI is InChI=1S/C13H14N2O3S/c1-9-2-4-10(5-3-9)15-11-6-7-12(14)13(8-11)19(16,17)18/h2-8,15H,14H2,1H3,(H,16,17,18). The average Bonchev–Trinajstić information content (AvgIpc) is 2.33. The summed E-state index contributed by atoms with van der Waals surface area (Å²) in [6.07, 6.45) is 0. The fourth-order valence-electron chi connectivity index (χ4n) is 1.64. The van der Waals surface area contributed by atoms with Crippen LogP contribution in [0.1, 0.15) is 5.56 Å². The van der Waals surface area contributed by atoms with Crippen molar-refractivity contribution in [2.75, 3.05) is 11.1 Å². The molecule has 0 unspecified atom stereocenters. The minimum atomic E-state index is -4.32. The Morgan fingerprint density at radius 3 is 2.21 bits per heavy atom. The molecule has 0 atom stereocenters. The van der Waals surface area contributed by atoms with E-state index in [1.807, 2.05) is 31.2 Å². The Morgan fingerprint density at radius 2 is 1.63 bits per heavy atom. The first-order chi connectivity index (χ1) is 8.86. The molecular weight excluding hydrogens is 264 g/mol. The van der Waals surface area contributed by atoms with Crippen molar-refractivity contribution in [3.05, 3.63) is 48.0 Å². The molecule has 0 spiro atoms. The van der Waals surface area contributed by atoms with Gasteiger partial charge in [-0.15, -0.1) is 0 Å². The third kappa shape index (κ3) is 3.24. The fraction of sp³-hybridized carbons (Fsp3) is 0.0769. The van der Waals surface area contributed by atoms with Crippen molar-refractivity contribution in [3.63, 3.8) is 0 Å². The highest BCUT2D eigenvalue weighted by Crippen LogP contribution is 2.25. The summed E-state index contributed by atoms with van der Waals surface area (Å²) < 4.78 is 31.4. The molecule has 0 aliphatic rings. The SMILES string of the molecule is Cc1ccc(Nc2ccc(N)c(S(=O)(=O)O)c2)cc1. The van der Waals surface area contributed by atoms with Gasteiger partial charge in [-0.2, -0.15) is 8.42 Å². The van der Waals surface area contributed by atoms with Gasteiger partial charge in [-0.1, -0.05) is 17.7 Å². The van der Waals surface area contributed by atoms with Gasteiger partial charge in [0.05, 0.1) is 5.69 Å². The van der Waals surface area contributed by atoms with Gasteiger partial charge in [0.1, 0.15) is 4.90 Å². The summed E-state index contributed by atoms with van der Waals surface area (Å²) in [7, 11) is -4.32. The Labute approximate surface area is 111 Å². The summed E-state index contributed by atoms with van der Waals surface area (Å²) >= 11 is 0. The number of nitrogens with two attached hydrogens (primary N) is 1. The predicted octanol–water partition coefficient (Wildman–Crippen LogP) is 2.57. The van der Waals surface area contributed by atoms with Crippen molar-refractivity contribution < 1.29 is 13.0 Å². The number of aryl methyl sites for hydroxylation is 1. The van der Waals surface area contributed by atoms with Gasteiger partial charge in [0.15, 0.2) is 0 Å². The molecule has 0 aromatic heterocycles. The van der Waals surface area contributed by atoms with Crippen molar-refractivity contribution in [3.8, 4) is 0 Å². The first-order valence-electron chi connectivity index (χ1n) is 5.57. The average molecular weight is 278 g/mol. The van der Waals surface area contributed by atoms with Crippen LogP contribution in [0, 0.1) is 6.92 Å². The third-order valence-corrected chi connectivity index (χ3v) is 3.54. The lowest BCUT2D eigenvalue weighted by molar-refractivity contribution is 0.483. The lowest BCUT2D eigenvalue weighted by atomic mass is 10.2. The molecular formula is C13H14N2O3S. The monoisotopic (exact) mass is 278 g/mol. The summed E-state index contributed by atoms with van der Waals surface area (Å²) in [4.78, 5) is -0.301. The minimum Gasteiger partial charge on any atom is -0.398 e. The van der Waals surface area contributed by atoms with E-state index in [-0.39, 0.29) is 10.6 Å². The quantitative estimate of drug-likeness (QED) is 0.592. The van der Waals surface area contributed by atoms with Crippen LogP contribution in [0.5, 0.6) is 0 Å². The van der Waals surface area contributed by atoms with E-state index in [9.17, 15) is 8.42 Å². The second-order valence-electron chi connectivity index (χ2n) is 4.22. The van der Waals surface area contributed by atoms with Gasteiger partial charge in [0.25, 0.3) is 10.1 Å². The largest absolute Gasteiger partial charge is 0.398 e. The molecule has 0 fully saturated rings. The number of nitrogens with one attached hydrogen (secondary N) is 1. The van der Waals surface area contributed by atoms with Crippen LogP contribution in [0.25, 0.3) is 0 Å². The Bertz CT molecular complexity index is 694. The number of rotatable bonds is 3. The van der Waals surface area contributed by atoms with Crippen molar-refractivity contribution in [1.82, 2.24) is 0 Å². The highest BCUT2D eigenvalue weighted by molar-refractivity contribution is 7.86. The predicted molar refractivity (Wildman–Crippen MR) is 75.1 cm³/mol. The van der Waals surface area contributed by atoms with E-state index in [1.54, 1.807) is 6.07 Å². The number of anilines is 3. The third-order valence-electron chi connectivity index (χ3n) is 2.63. The minimum absolute atomic E-state index is 0.0111. The molecule has 2 aromatic carbocycles. The molecule has 0 aliphatic carbocycles. The van der Waals surface area contributed by atoms with Crippen LogP contribution >= 0.6 is 0 Å². The van der Waals surface area contributed by atoms with Gasteiger partial charge in [-0.25, -0.2) is 0 Å². The number of hydrogen-bond acceptors (Lipinski definition) is 4. The van der Waals surface area contributed by atoms with E-state index >= 15 is 0 Å². The topological polar surface area (TPSA) is 92.4 Å². The maximum absolute atomic E-state index is 11.2. The lowest BCUT2D eigenvalue weighted by Crippen LogP contribution is -2.04. The molecule has 6 heteroatoms. The van der Waals surface area contributed by atoms with Gasteiger partial charge in [0.2, 0.25) is 0 Å². The van der Waals surface area contributed by atoms with Crippen molar-refractivity contribution in [1.29, 1.82) is 0 Å². The first kappa shape index (κ1) is 13.4. The number of hydrogen-bond donors (Lipinski definition) is 3. The Kier molecular flexibility index (Phi) is 3.46. The van der Waals surface area contributed by atoms with Gasteiger partial charge in [-0.3, -0.25) is 4.55 Å². The summed E-state index contributed by atoms with van der Waals surface area (Å²) in [5.74, 6) is 0. The highest BCUT2D eigenvalue weighted by Gasteiger charge is 2.14. The highest BCUT2D eigenvalue weighted by atomic mass is 32.2. The lowest BCUT2D eigenvalue weighted by Gasteiger charge is -2.09. The molecule has 5 nitrogen and oxygen atoms in total. The second-order valence-corrected chi connectivity index (χ2v) is 5.61. The zero-order valence-electron chi connectivity index (χ0n) is 10.3. The van der Waals surface area contributed by atoms with E-state index in [1.165, 1.54) is 12.1 Å². The molecule has 0 heterocycles. The molecule has 0 saturated carbocycles. The van der Waals surface area contributed by atoms with Crippen LogP contribution in [0.15, 0.2) is 47.4 Å². The van der Waals surface area contributed by atoms with Crippen molar-refractivity contribution >= 4 is 27.2 Å². The molecule has 0 amide bonds. The molecule has 0 bridgehead atoms. The van der Waals surface area contributed by atoms with Crippen LogP contribution in [0.3, 0.4) is 0 Å². The smallest absolute Gasteiger partial charge is 0.296 e. The van der Waals surface area contributed by atoms with E-state index in [2.05, 4.69) is 5.32 Å². The van der Waals surface area contributed by atoms with E-state index < -0.39 is 10.1 Å². The zero-order valence-corrected chi connectivity index (χ0v) is 11.1. The molecule has 0 radical (unpaired) electrons.